The Balaban J connectivity index is 0.000000191. The molecule has 2 heterocycles. The van der Waals surface area contributed by atoms with Gasteiger partial charge >= 0.3 is 0 Å². The molecule has 4 nitrogen and oxygen atoms in total. The van der Waals surface area contributed by atoms with Crippen LogP contribution in [-0.4, -0.2) is 36.4 Å². The Bertz CT molecular complexity index is 472. The molecule has 104 valence electrons. The maximum absolute atomic E-state index is 10.9. The van der Waals surface area contributed by atoms with E-state index < -0.39 is 0 Å². The maximum Gasteiger partial charge on any atom is 0.158 e. The Morgan fingerprint density at radius 2 is 2.21 bits per heavy atom. The lowest BCUT2D eigenvalue weighted by Crippen LogP contribution is -2.11. The third kappa shape index (κ3) is 4.95. The fourth-order valence-corrected chi connectivity index (χ4v) is 2.82. The summed E-state index contributed by atoms with van der Waals surface area (Å²) >= 11 is 1.79. The lowest BCUT2D eigenvalue weighted by Gasteiger charge is -2.00. The molecule has 0 unspecified atom stereocenters. The Morgan fingerprint density at radius 1 is 1.47 bits per heavy atom. The Kier molecular flexibility index (Phi) is 6.42. The zero-order chi connectivity index (χ0) is 14.3. The van der Waals surface area contributed by atoms with Gasteiger partial charge in [0.2, 0.25) is 0 Å². The van der Waals surface area contributed by atoms with E-state index in [0.29, 0.717) is 0 Å². The van der Waals surface area contributed by atoms with Crippen molar-refractivity contribution < 1.29 is 9.53 Å². The van der Waals surface area contributed by atoms with Crippen LogP contribution in [0.15, 0.2) is 29.6 Å². The molecule has 0 aliphatic carbocycles. The van der Waals surface area contributed by atoms with Gasteiger partial charge < -0.3 is 10.1 Å². The average Bonchev–Trinajstić information content (AvgIpc) is 2.88. The van der Waals surface area contributed by atoms with Crippen molar-refractivity contribution in [3.8, 4) is 5.75 Å². The monoisotopic (exact) mass is 280 g/mol. The minimum atomic E-state index is 0.203. The quantitative estimate of drug-likeness (QED) is 0.920. The molecule has 19 heavy (non-hydrogen) atoms. The summed E-state index contributed by atoms with van der Waals surface area (Å²) in [6.07, 6.45) is 1.73. The summed E-state index contributed by atoms with van der Waals surface area (Å²) in [7, 11) is 3.51. The van der Waals surface area contributed by atoms with Crippen molar-refractivity contribution in [2.24, 2.45) is 0 Å². The van der Waals surface area contributed by atoms with Crippen LogP contribution in [-0.2, 0) is 4.79 Å². The van der Waals surface area contributed by atoms with Gasteiger partial charge in [0.1, 0.15) is 5.75 Å². The number of hydrogen-bond acceptors (Lipinski definition) is 5. The summed E-state index contributed by atoms with van der Waals surface area (Å²) in [4.78, 5) is 14.9. The van der Waals surface area contributed by atoms with Gasteiger partial charge in [0.25, 0.3) is 0 Å². The van der Waals surface area contributed by atoms with E-state index in [-0.39, 0.29) is 5.78 Å². The molecule has 1 aromatic heterocycles. The van der Waals surface area contributed by atoms with Gasteiger partial charge in [0.05, 0.1) is 7.11 Å². The van der Waals surface area contributed by atoms with Crippen LogP contribution in [0.5, 0.6) is 5.75 Å². The van der Waals surface area contributed by atoms with Crippen LogP contribution in [0, 0.1) is 6.92 Å². The van der Waals surface area contributed by atoms with Crippen molar-refractivity contribution >= 4 is 17.5 Å². The third-order valence-electron chi connectivity index (χ3n) is 2.69. The number of thioether (sulfide) groups is 1. The first kappa shape index (κ1) is 15.6. The van der Waals surface area contributed by atoms with E-state index in [2.05, 4.69) is 10.3 Å². The lowest BCUT2D eigenvalue weighted by atomic mass is 10.2. The number of aryl methyl sites for hydroxylation is 1. The molecule has 1 aliphatic rings. The Morgan fingerprint density at radius 3 is 2.63 bits per heavy atom. The molecule has 0 atom stereocenters. The van der Waals surface area contributed by atoms with E-state index in [1.807, 2.05) is 26.1 Å². The normalized spacial score (nSPS) is 13.7. The SMILES string of the molecule is CNC1=C(C(C)=O)CSC1.COc1ccnc(C)c1. The van der Waals surface area contributed by atoms with Crippen LogP contribution in [0.2, 0.25) is 0 Å². The van der Waals surface area contributed by atoms with Gasteiger partial charge in [-0.2, -0.15) is 11.8 Å². The van der Waals surface area contributed by atoms with Gasteiger partial charge in [0.15, 0.2) is 5.78 Å². The molecule has 0 spiro atoms. The number of pyridine rings is 1. The number of nitrogens with one attached hydrogen (secondary N) is 1. The van der Waals surface area contributed by atoms with E-state index in [9.17, 15) is 4.79 Å². The van der Waals surface area contributed by atoms with Crippen molar-refractivity contribution in [2.45, 2.75) is 13.8 Å². The Labute approximate surface area is 118 Å². The minimum absolute atomic E-state index is 0.203. The van der Waals surface area contributed by atoms with Crippen molar-refractivity contribution in [2.75, 3.05) is 25.7 Å². The number of aromatic nitrogens is 1. The number of Topliss-reactive ketones (excluding diaryl/α,β-unsaturated/α-hetero) is 1. The molecule has 0 radical (unpaired) electrons. The lowest BCUT2D eigenvalue weighted by molar-refractivity contribution is -0.113. The molecule has 2 rings (SSSR count). The van der Waals surface area contributed by atoms with E-state index in [1.165, 1.54) is 0 Å². The smallest absolute Gasteiger partial charge is 0.158 e. The number of ether oxygens (including phenoxy) is 1. The summed E-state index contributed by atoms with van der Waals surface area (Å²) in [5.74, 6) is 2.91. The van der Waals surface area contributed by atoms with Crippen molar-refractivity contribution in [3.05, 3.63) is 35.3 Å². The third-order valence-corrected chi connectivity index (χ3v) is 3.67. The van der Waals surface area contributed by atoms with Crippen LogP contribution in [0.4, 0.5) is 0 Å². The first-order chi connectivity index (χ1) is 9.08. The zero-order valence-corrected chi connectivity index (χ0v) is 12.6. The Hall–Kier alpha value is -1.49. The second-order valence-corrected chi connectivity index (χ2v) is 5.08. The van der Waals surface area contributed by atoms with Gasteiger partial charge in [-0.1, -0.05) is 0 Å². The van der Waals surface area contributed by atoms with E-state index in [1.54, 1.807) is 32.0 Å². The number of rotatable bonds is 3. The van der Waals surface area contributed by atoms with Gasteiger partial charge in [-0.05, 0) is 19.9 Å². The molecular formula is C14H20N2O2S. The van der Waals surface area contributed by atoms with Gasteiger partial charge in [-0.3, -0.25) is 9.78 Å². The summed E-state index contributed by atoms with van der Waals surface area (Å²) in [6, 6.07) is 3.72. The number of carbonyl (C=O) groups is 1. The number of methoxy groups -OCH3 is 1. The van der Waals surface area contributed by atoms with E-state index in [4.69, 9.17) is 4.74 Å². The van der Waals surface area contributed by atoms with E-state index in [0.717, 1.165) is 34.2 Å². The highest BCUT2D eigenvalue weighted by Crippen LogP contribution is 2.22. The van der Waals surface area contributed by atoms with Crippen LogP contribution in [0.25, 0.3) is 0 Å². The van der Waals surface area contributed by atoms with Gasteiger partial charge in [-0.25, -0.2) is 0 Å². The first-order valence-corrected chi connectivity index (χ1v) is 7.19. The zero-order valence-electron chi connectivity index (χ0n) is 11.8. The van der Waals surface area contributed by atoms with Crippen LogP contribution >= 0.6 is 11.8 Å². The molecule has 1 N–H and O–H groups in total. The highest BCUT2D eigenvalue weighted by atomic mass is 32.2. The van der Waals surface area contributed by atoms with Crippen LogP contribution in [0.3, 0.4) is 0 Å². The predicted octanol–water partition coefficient (Wildman–Crippen LogP) is 2.19. The maximum atomic E-state index is 10.9. The van der Waals surface area contributed by atoms with Crippen molar-refractivity contribution in [3.63, 3.8) is 0 Å². The molecule has 0 fully saturated rings. The van der Waals surface area contributed by atoms with E-state index >= 15 is 0 Å². The summed E-state index contributed by atoms with van der Waals surface area (Å²) in [5.41, 5.74) is 3.05. The average molecular weight is 280 g/mol. The predicted molar refractivity (Wildman–Crippen MR) is 79.6 cm³/mol. The molecular weight excluding hydrogens is 260 g/mol. The van der Waals surface area contributed by atoms with Gasteiger partial charge in [-0.15, -0.1) is 0 Å². The number of carbonyl (C=O) groups excluding carboxylic acids is 1. The molecule has 0 aromatic carbocycles. The summed E-state index contributed by atoms with van der Waals surface area (Å²) < 4.78 is 4.96. The summed E-state index contributed by atoms with van der Waals surface area (Å²) in [5, 5.41) is 3.03. The molecule has 0 saturated carbocycles. The molecule has 0 saturated heterocycles. The summed E-state index contributed by atoms with van der Waals surface area (Å²) in [6.45, 7) is 3.56. The largest absolute Gasteiger partial charge is 0.497 e. The van der Waals surface area contributed by atoms with Gasteiger partial charge in [0, 0.05) is 47.8 Å². The molecule has 0 amide bonds. The van der Waals surface area contributed by atoms with Crippen molar-refractivity contribution in [1.29, 1.82) is 0 Å². The molecule has 1 aliphatic heterocycles. The standard InChI is InChI=1S/C7H11NOS.C7H9NO/c1-5(9)6-3-10-4-7(6)8-2;1-6-5-7(9-2)3-4-8-6/h8H,3-4H2,1-2H3;3-5H,1-2H3. The number of hydrogen-bond donors (Lipinski definition) is 1. The second-order valence-electron chi connectivity index (χ2n) is 4.09. The molecule has 1 aromatic rings. The van der Waals surface area contributed by atoms with Crippen LogP contribution in [0.1, 0.15) is 12.6 Å². The topological polar surface area (TPSA) is 51.2 Å². The fourth-order valence-electron chi connectivity index (χ4n) is 1.61. The molecule has 0 bridgehead atoms. The highest BCUT2D eigenvalue weighted by Gasteiger charge is 2.16. The highest BCUT2D eigenvalue weighted by molar-refractivity contribution is 8.00. The van der Waals surface area contributed by atoms with Crippen LogP contribution < -0.4 is 10.1 Å². The first-order valence-electron chi connectivity index (χ1n) is 6.03. The minimum Gasteiger partial charge on any atom is -0.497 e. The number of nitrogens with zero attached hydrogens (tertiary/aromatic N) is 1. The fraction of sp³-hybridized carbons (Fsp3) is 0.429. The van der Waals surface area contributed by atoms with Crippen molar-refractivity contribution in [1.82, 2.24) is 10.3 Å². The number of ketones is 1. The second kappa shape index (κ2) is 7.84. The molecule has 5 heteroatoms.